The van der Waals surface area contributed by atoms with Crippen molar-refractivity contribution in [3.8, 4) is 0 Å². The van der Waals surface area contributed by atoms with Crippen LogP contribution in [0.25, 0.3) is 0 Å². The minimum Gasteiger partial charge on any atom is -0.446 e. The molecule has 100 valence electrons. The third kappa shape index (κ3) is 3.46. The van der Waals surface area contributed by atoms with Crippen molar-refractivity contribution in [2.45, 2.75) is 43.1 Å². The molecule has 1 N–H and O–H groups in total. The Morgan fingerprint density at radius 1 is 1.33 bits per heavy atom. The molecule has 5 nitrogen and oxygen atoms in total. The molecule has 18 heavy (non-hydrogen) atoms. The van der Waals surface area contributed by atoms with Gasteiger partial charge in [0.2, 0.25) is 0 Å². The third-order valence-electron chi connectivity index (χ3n) is 2.85. The first kappa shape index (κ1) is 13.4. The SMILES string of the molecule is O=C(NS(=O)(=O)c1ccsc1)OC1CCCCC1. The molecule has 1 amide bonds. The van der Waals surface area contributed by atoms with Gasteiger partial charge in [0, 0.05) is 5.38 Å². The molecule has 0 radical (unpaired) electrons. The topological polar surface area (TPSA) is 72.5 Å². The monoisotopic (exact) mass is 289 g/mol. The Kier molecular flexibility index (Phi) is 4.23. The lowest BCUT2D eigenvalue weighted by atomic mass is 9.98. The Balaban J connectivity index is 1.91. The van der Waals surface area contributed by atoms with Gasteiger partial charge in [0.1, 0.15) is 6.10 Å². The number of rotatable bonds is 3. The highest BCUT2D eigenvalue weighted by atomic mass is 32.2. The third-order valence-corrected chi connectivity index (χ3v) is 4.99. The number of carbonyl (C=O) groups excluding carboxylic acids is 1. The van der Waals surface area contributed by atoms with Gasteiger partial charge in [0.05, 0.1) is 4.90 Å². The lowest BCUT2D eigenvalue weighted by Gasteiger charge is -2.21. The summed E-state index contributed by atoms with van der Waals surface area (Å²) >= 11 is 1.26. The van der Waals surface area contributed by atoms with Gasteiger partial charge in [-0.05, 0) is 37.1 Å². The Hall–Kier alpha value is -1.08. The molecular weight excluding hydrogens is 274 g/mol. The molecular formula is C11H15NO4S2. The summed E-state index contributed by atoms with van der Waals surface area (Å²) in [5.41, 5.74) is 0. The highest BCUT2D eigenvalue weighted by Crippen LogP contribution is 2.20. The van der Waals surface area contributed by atoms with Gasteiger partial charge in [-0.2, -0.15) is 11.3 Å². The van der Waals surface area contributed by atoms with E-state index in [1.54, 1.807) is 5.38 Å². The summed E-state index contributed by atoms with van der Waals surface area (Å²) in [5, 5.41) is 3.11. The maximum Gasteiger partial charge on any atom is 0.421 e. The van der Waals surface area contributed by atoms with Crippen LogP contribution in [0.4, 0.5) is 4.79 Å². The fraction of sp³-hybridized carbons (Fsp3) is 0.545. The number of carbonyl (C=O) groups is 1. The molecule has 1 aliphatic rings. The highest BCUT2D eigenvalue weighted by molar-refractivity contribution is 7.90. The maximum absolute atomic E-state index is 11.7. The van der Waals surface area contributed by atoms with E-state index in [4.69, 9.17) is 4.74 Å². The second-order valence-corrected chi connectivity index (χ2v) is 6.69. The van der Waals surface area contributed by atoms with E-state index in [1.807, 2.05) is 4.72 Å². The van der Waals surface area contributed by atoms with Crippen LogP contribution in [-0.4, -0.2) is 20.6 Å². The van der Waals surface area contributed by atoms with Crippen LogP contribution in [0.15, 0.2) is 21.7 Å². The molecule has 0 bridgehead atoms. The smallest absolute Gasteiger partial charge is 0.421 e. The van der Waals surface area contributed by atoms with Crippen molar-refractivity contribution in [3.63, 3.8) is 0 Å². The number of nitrogens with one attached hydrogen (secondary N) is 1. The van der Waals surface area contributed by atoms with Gasteiger partial charge in [-0.15, -0.1) is 0 Å². The van der Waals surface area contributed by atoms with Crippen molar-refractivity contribution < 1.29 is 17.9 Å². The summed E-state index contributed by atoms with van der Waals surface area (Å²) in [4.78, 5) is 11.6. The van der Waals surface area contributed by atoms with Gasteiger partial charge in [-0.25, -0.2) is 17.9 Å². The average Bonchev–Trinajstić information content (AvgIpc) is 2.83. The first-order chi connectivity index (χ1) is 8.58. The molecule has 1 aromatic rings. The van der Waals surface area contributed by atoms with Crippen molar-refractivity contribution in [2.75, 3.05) is 0 Å². The molecule has 1 aromatic heterocycles. The van der Waals surface area contributed by atoms with Gasteiger partial charge in [0.25, 0.3) is 10.0 Å². The Morgan fingerprint density at radius 3 is 2.67 bits per heavy atom. The molecule has 2 rings (SSSR count). The second-order valence-electron chi connectivity index (χ2n) is 4.23. The molecule has 0 saturated heterocycles. The molecule has 1 fully saturated rings. The molecule has 1 aliphatic carbocycles. The first-order valence-electron chi connectivity index (χ1n) is 5.83. The van der Waals surface area contributed by atoms with E-state index in [2.05, 4.69) is 0 Å². The number of sulfonamides is 1. The number of thiophene rings is 1. The predicted molar refractivity (Wildman–Crippen MR) is 68.0 cm³/mol. The molecule has 0 spiro atoms. The number of ether oxygens (including phenoxy) is 1. The van der Waals surface area contributed by atoms with Crippen LogP contribution in [0.5, 0.6) is 0 Å². The van der Waals surface area contributed by atoms with E-state index in [0.717, 1.165) is 32.1 Å². The standard InChI is InChI=1S/C11H15NO4S2/c13-11(16-9-4-2-1-3-5-9)12-18(14,15)10-6-7-17-8-10/h6-9H,1-5H2,(H,12,13). The van der Waals surface area contributed by atoms with Crippen LogP contribution in [0.2, 0.25) is 0 Å². The summed E-state index contributed by atoms with van der Waals surface area (Å²) in [7, 11) is -3.78. The van der Waals surface area contributed by atoms with Crippen molar-refractivity contribution in [3.05, 3.63) is 16.8 Å². The van der Waals surface area contributed by atoms with Crippen LogP contribution in [0.1, 0.15) is 32.1 Å². The van der Waals surface area contributed by atoms with E-state index in [9.17, 15) is 13.2 Å². The molecule has 0 atom stereocenters. The Morgan fingerprint density at radius 2 is 2.06 bits per heavy atom. The molecule has 0 aliphatic heterocycles. The zero-order valence-electron chi connectivity index (χ0n) is 9.79. The Labute approximate surface area is 110 Å². The lowest BCUT2D eigenvalue weighted by molar-refractivity contribution is 0.0798. The average molecular weight is 289 g/mol. The number of amides is 1. The van der Waals surface area contributed by atoms with Gasteiger partial charge in [-0.1, -0.05) is 6.42 Å². The fourth-order valence-electron chi connectivity index (χ4n) is 1.93. The minimum atomic E-state index is -3.78. The zero-order chi connectivity index (χ0) is 13.0. The van der Waals surface area contributed by atoms with Crippen molar-refractivity contribution in [1.29, 1.82) is 0 Å². The van der Waals surface area contributed by atoms with E-state index in [0.29, 0.717) is 0 Å². The van der Waals surface area contributed by atoms with Crippen molar-refractivity contribution in [1.82, 2.24) is 4.72 Å². The van der Waals surface area contributed by atoms with Crippen LogP contribution >= 0.6 is 11.3 Å². The van der Waals surface area contributed by atoms with Crippen LogP contribution < -0.4 is 4.72 Å². The summed E-state index contributed by atoms with van der Waals surface area (Å²) in [6.07, 6.45) is 3.78. The van der Waals surface area contributed by atoms with Gasteiger partial charge in [-0.3, -0.25) is 0 Å². The first-order valence-corrected chi connectivity index (χ1v) is 8.26. The predicted octanol–water partition coefficient (Wildman–Crippen LogP) is 2.50. The van der Waals surface area contributed by atoms with E-state index >= 15 is 0 Å². The summed E-state index contributed by atoms with van der Waals surface area (Å²) in [5.74, 6) is 0. The van der Waals surface area contributed by atoms with E-state index in [-0.39, 0.29) is 11.0 Å². The summed E-state index contributed by atoms with van der Waals surface area (Å²) < 4.78 is 30.5. The maximum atomic E-state index is 11.7. The minimum absolute atomic E-state index is 0.0908. The number of hydrogen-bond donors (Lipinski definition) is 1. The molecule has 1 saturated carbocycles. The fourth-order valence-corrected chi connectivity index (χ4v) is 3.84. The molecule has 0 unspecified atom stereocenters. The van der Waals surface area contributed by atoms with Crippen molar-refractivity contribution in [2.24, 2.45) is 0 Å². The quantitative estimate of drug-likeness (QED) is 0.928. The summed E-state index contributed by atoms with van der Waals surface area (Å²) in [6, 6.07) is 1.45. The summed E-state index contributed by atoms with van der Waals surface area (Å²) in [6.45, 7) is 0. The van der Waals surface area contributed by atoms with Crippen LogP contribution in [-0.2, 0) is 14.8 Å². The van der Waals surface area contributed by atoms with Crippen molar-refractivity contribution >= 4 is 27.5 Å². The second kappa shape index (κ2) is 5.71. The van der Waals surface area contributed by atoms with Crippen LogP contribution in [0, 0.1) is 0 Å². The lowest BCUT2D eigenvalue weighted by Crippen LogP contribution is -2.34. The number of hydrogen-bond acceptors (Lipinski definition) is 5. The normalized spacial score (nSPS) is 17.3. The van der Waals surface area contributed by atoms with Crippen LogP contribution in [0.3, 0.4) is 0 Å². The zero-order valence-corrected chi connectivity index (χ0v) is 11.4. The van der Waals surface area contributed by atoms with Gasteiger partial charge in [0.15, 0.2) is 0 Å². The van der Waals surface area contributed by atoms with E-state index in [1.165, 1.54) is 22.8 Å². The molecule has 0 aromatic carbocycles. The highest BCUT2D eigenvalue weighted by Gasteiger charge is 2.22. The van der Waals surface area contributed by atoms with Gasteiger partial charge >= 0.3 is 6.09 Å². The van der Waals surface area contributed by atoms with E-state index < -0.39 is 16.1 Å². The molecule has 7 heteroatoms. The Bertz CT molecular complexity index is 489. The van der Waals surface area contributed by atoms with Gasteiger partial charge < -0.3 is 4.74 Å². The largest absolute Gasteiger partial charge is 0.446 e. The molecule has 1 heterocycles.